The predicted octanol–water partition coefficient (Wildman–Crippen LogP) is 4.19. The molecule has 2 aromatic carbocycles. The molecule has 0 unspecified atom stereocenters. The zero-order chi connectivity index (χ0) is 19.5. The second kappa shape index (κ2) is 7.78. The molecule has 0 aliphatic rings. The number of methoxy groups -OCH3 is 1. The van der Waals surface area contributed by atoms with Gasteiger partial charge in [0.25, 0.3) is 5.95 Å². The standard InChI is InChI=1S/C22H23N5O/c1-15-12-19-18(14-28-3)10-7-11-20(19)27(15)22-24-21(16(2)25-26-22)23-13-17-8-5-4-6-9-17/h4-12H,13-14H2,1-3H3,(H,23,24,26). The largest absolute Gasteiger partial charge is 0.380 e. The van der Waals surface area contributed by atoms with E-state index < -0.39 is 0 Å². The zero-order valence-electron chi connectivity index (χ0n) is 16.3. The Bertz CT molecular complexity index is 1100. The van der Waals surface area contributed by atoms with E-state index >= 15 is 0 Å². The smallest absolute Gasteiger partial charge is 0.256 e. The number of hydrogen-bond donors (Lipinski definition) is 1. The third-order valence-corrected chi connectivity index (χ3v) is 4.77. The highest BCUT2D eigenvalue weighted by Gasteiger charge is 2.14. The predicted molar refractivity (Wildman–Crippen MR) is 111 cm³/mol. The summed E-state index contributed by atoms with van der Waals surface area (Å²) < 4.78 is 7.37. The zero-order valence-corrected chi connectivity index (χ0v) is 16.3. The van der Waals surface area contributed by atoms with Crippen molar-refractivity contribution in [1.82, 2.24) is 19.7 Å². The Morgan fingerprint density at radius 2 is 1.82 bits per heavy atom. The summed E-state index contributed by atoms with van der Waals surface area (Å²) >= 11 is 0. The molecule has 0 saturated heterocycles. The van der Waals surface area contributed by atoms with Crippen molar-refractivity contribution in [2.45, 2.75) is 27.0 Å². The molecule has 142 valence electrons. The number of benzene rings is 2. The van der Waals surface area contributed by atoms with Gasteiger partial charge in [0.05, 0.1) is 12.1 Å². The van der Waals surface area contributed by atoms with E-state index in [4.69, 9.17) is 9.72 Å². The summed E-state index contributed by atoms with van der Waals surface area (Å²) in [7, 11) is 1.71. The van der Waals surface area contributed by atoms with Crippen LogP contribution >= 0.6 is 0 Å². The topological polar surface area (TPSA) is 64.9 Å². The molecule has 0 spiro atoms. The van der Waals surface area contributed by atoms with Gasteiger partial charge in [-0.15, -0.1) is 10.2 Å². The minimum absolute atomic E-state index is 0.559. The van der Waals surface area contributed by atoms with E-state index in [-0.39, 0.29) is 0 Å². The van der Waals surface area contributed by atoms with Gasteiger partial charge < -0.3 is 10.1 Å². The molecule has 0 aliphatic carbocycles. The Hall–Kier alpha value is -3.25. The molecule has 4 rings (SSSR count). The van der Waals surface area contributed by atoms with E-state index in [0.717, 1.165) is 33.7 Å². The summed E-state index contributed by atoms with van der Waals surface area (Å²) in [5.41, 5.74) is 5.21. The van der Waals surface area contributed by atoms with Crippen LogP contribution in [0.1, 0.15) is 22.5 Å². The number of aromatic nitrogens is 4. The lowest BCUT2D eigenvalue weighted by Crippen LogP contribution is -2.11. The van der Waals surface area contributed by atoms with Gasteiger partial charge >= 0.3 is 0 Å². The highest BCUT2D eigenvalue weighted by Crippen LogP contribution is 2.26. The SMILES string of the molecule is COCc1cccc2c1cc(C)n2-c1nnc(C)c(NCc2ccccc2)n1. The minimum Gasteiger partial charge on any atom is -0.380 e. The average molecular weight is 373 g/mol. The van der Waals surface area contributed by atoms with Crippen LogP contribution in [0.2, 0.25) is 0 Å². The minimum atomic E-state index is 0.559. The summed E-state index contributed by atoms with van der Waals surface area (Å²) in [4.78, 5) is 4.76. The molecule has 1 N–H and O–H groups in total. The molecular formula is C22H23N5O. The Kier molecular flexibility index (Phi) is 5.04. The van der Waals surface area contributed by atoms with Gasteiger partial charge in [-0.2, -0.15) is 4.98 Å². The van der Waals surface area contributed by atoms with Crippen LogP contribution in [-0.2, 0) is 17.9 Å². The van der Waals surface area contributed by atoms with Gasteiger partial charge in [-0.25, -0.2) is 0 Å². The average Bonchev–Trinajstić information content (AvgIpc) is 3.05. The van der Waals surface area contributed by atoms with Crippen LogP contribution in [0.5, 0.6) is 0 Å². The first-order valence-electron chi connectivity index (χ1n) is 9.25. The number of anilines is 1. The lowest BCUT2D eigenvalue weighted by atomic mass is 10.1. The lowest BCUT2D eigenvalue weighted by molar-refractivity contribution is 0.186. The molecule has 6 heteroatoms. The second-order valence-electron chi connectivity index (χ2n) is 6.79. The highest BCUT2D eigenvalue weighted by atomic mass is 16.5. The van der Waals surface area contributed by atoms with Crippen molar-refractivity contribution >= 4 is 16.7 Å². The molecule has 0 aliphatic heterocycles. The van der Waals surface area contributed by atoms with Crippen molar-refractivity contribution in [3.63, 3.8) is 0 Å². The van der Waals surface area contributed by atoms with E-state index in [1.807, 2.05) is 35.8 Å². The Labute approximate surface area is 164 Å². The first-order valence-corrected chi connectivity index (χ1v) is 9.25. The maximum absolute atomic E-state index is 5.34. The monoisotopic (exact) mass is 373 g/mol. The molecule has 0 bridgehead atoms. The molecule has 0 fully saturated rings. The Morgan fingerprint density at radius 1 is 1.00 bits per heavy atom. The van der Waals surface area contributed by atoms with Crippen LogP contribution < -0.4 is 5.32 Å². The maximum atomic E-state index is 5.34. The molecule has 2 aromatic heterocycles. The highest BCUT2D eigenvalue weighted by molar-refractivity contribution is 5.86. The fraction of sp³-hybridized carbons (Fsp3) is 0.227. The summed E-state index contributed by atoms with van der Waals surface area (Å²) in [6.07, 6.45) is 0. The van der Waals surface area contributed by atoms with Gasteiger partial charge in [-0.05, 0) is 37.1 Å². The summed E-state index contributed by atoms with van der Waals surface area (Å²) in [6, 6.07) is 18.6. The van der Waals surface area contributed by atoms with Crippen molar-refractivity contribution < 1.29 is 4.74 Å². The summed E-state index contributed by atoms with van der Waals surface area (Å²) in [5.74, 6) is 1.30. The van der Waals surface area contributed by atoms with Crippen molar-refractivity contribution in [3.8, 4) is 5.95 Å². The number of nitrogens with zero attached hydrogens (tertiary/aromatic N) is 4. The van der Waals surface area contributed by atoms with Gasteiger partial charge in [-0.1, -0.05) is 42.5 Å². The molecule has 28 heavy (non-hydrogen) atoms. The fourth-order valence-corrected chi connectivity index (χ4v) is 3.39. The van der Waals surface area contributed by atoms with Crippen LogP contribution in [0.25, 0.3) is 16.9 Å². The Morgan fingerprint density at radius 3 is 2.61 bits per heavy atom. The molecule has 4 aromatic rings. The molecule has 6 nitrogen and oxygen atoms in total. The van der Waals surface area contributed by atoms with Gasteiger partial charge in [0, 0.05) is 24.7 Å². The van der Waals surface area contributed by atoms with E-state index in [0.29, 0.717) is 19.1 Å². The van der Waals surface area contributed by atoms with Crippen LogP contribution in [0.3, 0.4) is 0 Å². The number of rotatable bonds is 6. The van der Waals surface area contributed by atoms with Crippen LogP contribution in [0.4, 0.5) is 5.82 Å². The van der Waals surface area contributed by atoms with Gasteiger partial charge in [-0.3, -0.25) is 4.57 Å². The summed E-state index contributed by atoms with van der Waals surface area (Å²) in [6.45, 7) is 5.21. The molecule has 0 atom stereocenters. The van der Waals surface area contributed by atoms with E-state index in [9.17, 15) is 0 Å². The number of ether oxygens (including phenoxy) is 1. The molecule has 0 saturated carbocycles. The van der Waals surface area contributed by atoms with Crippen molar-refractivity contribution in [2.75, 3.05) is 12.4 Å². The van der Waals surface area contributed by atoms with Crippen LogP contribution in [-0.4, -0.2) is 26.9 Å². The van der Waals surface area contributed by atoms with Crippen LogP contribution in [0.15, 0.2) is 54.6 Å². The second-order valence-corrected chi connectivity index (χ2v) is 6.79. The number of nitrogens with one attached hydrogen (secondary N) is 1. The first kappa shape index (κ1) is 18.1. The van der Waals surface area contributed by atoms with E-state index in [1.54, 1.807) is 7.11 Å². The molecule has 2 heterocycles. The Balaban J connectivity index is 1.72. The van der Waals surface area contributed by atoms with Crippen molar-refractivity contribution in [3.05, 3.63) is 77.1 Å². The van der Waals surface area contributed by atoms with Gasteiger partial charge in [0.1, 0.15) is 5.69 Å². The van der Waals surface area contributed by atoms with Gasteiger partial charge in [0.2, 0.25) is 0 Å². The third kappa shape index (κ3) is 3.46. The maximum Gasteiger partial charge on any atom is 0.256 e. The third-order valence-electron chi connectivity index (χ3n) is 4.77. The quantitative estimate of drug-likeness (QED) is 0.549. The molecular weight excluding hydrogens is 350 g/mol. The molecule has 0 radical (unpaired) electrons. The number of aryl methyl sites for hydroxylation is 2. The number of hydrogen-bond acceptors (Lipinski definition) is 5. The van der Waals surface area contributed by atoms with E-state index in [1.165, 1.54) is 5.56 Å². The summed E-state index contributed by atoms with van der Waals surface area (Å²) in [5, 5.41) is 13.2. The number of fused-ring (bicyclic) bond motifs is 1. The van der Waals surface area contributed by atoms with Gasteiger partial charge in [0.15, 0.2) is 5.82 Å². The first-order chi connectivity index (χ1) is 13.7. The lowest BCUT2D eigenvalue weighted by Gasteiger charge is -2.11. The van der Waals surface area contributed by atoms with Crippen molar-refractivity contribution in [2.24, 2.45) is 0 Å². The normalized spacial score (nSPS) is 11.1. The fourth-order valence-electron chi connectivity index (χ4n) is 3.39. The van der Waals surface area contributed by atoms with Crippen molar-refractivity contribution in [1.29, 1.82) is 0 Å². The van der Waals surface area contributed by atoms with E-state index in [2.05, 4.69) is 52.8 Å². The molecule has 0 amide bonds. The van der Waals surface area contributed by atoms with Crippen LogP contribution in [0, 0.1) is 13.8 Å².